The van der Waals surface area contributed by atoms with Crippen LogP contribution >= 0.6 is 0 Å². The molecule has 5 nitrogen and oxygen atoms in total. The first-order valence-electron chi connectivity index (χ1n) is 10.8. The Morgan fingerprint density at radius 1 is 0.750 bits per heavy atom. The molecule has 0 aliphatic rings. The lowest BCUT2D eigenvalue weighted by molar-refractivity contribution is -0.137. The van der Waals surface area contributed by atoms with Gasteiger partial charge in [-0.25, -0.2) is 8.42 Å². The summed E-state index contributed by atoms with van der Waals surface area (Å²) in [6.45, 7) is 0. The van der Waals surface area contributed by atoms with Gasteiger partial charge in [-0.3, -0.25) is 14.7 Å². The van der Waals surface area contributed by atoms with Crippen LogP contribution in [0.3, 0.4) is 0 Å². The van der Waals surface area contributed by atoms with Gasteiger partial charge >= 0.3 is 6.18 Å². The molecule has 0 unspecified atom stereocenters. The van der Waals surface area contributed by atoms with E-state index in [-0.39, 0.29) is 10.6 Å². The van der Waals surface area contributed by atoms with Crippen LogP contribution in [0.4, 0.5) is 18.9 Å². The first-order chi connectivity index (χ1) is 17.2. The molecule has 180 valence electrons. The average molecular weight is 506 g/mol. The molecule has 3 aromatic carbocycles. The van der Waals surface area contributed by atoms with Gasteiger partial charge in [-0.05, 0) is 65.2 Å². The molecule has 5 rings (SSSR count). The molecule has 0 amide bonds. The smallest absolute Gasteiger partial charge is 0.278 e. The number of halogens is 3. The Kier molecular flexibility index (Phi) is 5.93. The van der Waals surface area contributed by atoms with Gasteiger partial charge in [0.15, 0.2) is 0 Å². The summed E-state index contributed by atoms with van der Waals surface area (Å²) in [4.78, 5) is 8.64. The molecule has 2 heterocycles. The molecule has 2 aromatic heterocycles. The predicted octanol–water partition coefficient (Wildman–Crippen LogP) is 6.78. The Bertz CT molecular complexity index is 1670. The van der Waals surface area contributed by atoms with Crippen molar-refractivity contribution in [2.45, 2.75) is 11.1 Å². The van der Waals surface area contributed by atoms with E-state index < -0.39 is 21.8 Å². The maximum atomic E-state index is 13.3. The standard InChI is InChI=1S/C27H18F3N3O2S/c28-27(29,30)21-6-4-5-19(13-21)24-11-12-32-26-10-9-18(15-25(24)26)20-14-22(17-31-16-20)33-36(34,35)23-7-2-1-3-8-23/h1-17,33H. The highest BCUT2D eigenvalue weighted by Gasteiger charge is 2.30. The van der Waals surface area contributed by atoms with Crippen LogP contribution in [0.2, 0.25) is 0 Å². The molecule has 0 bridgehead atoms. The maximum absolute atomic E-state index is 13.3. The van der Waals surface area contributed by atoms with Gasteiger partial charge in [0, 0.05) is 23.3 Å². The van der Waals surface area contributed by atoms with E-state index in [1.165, 1.54) is 24.4 Å². The van der Waals surface area contributed by atoms with E-state index in [0.29, 0.717) is 33.2 Å². The van der Waals surface area contributed by atoms with Crippen molar-refractivity contribution < 1.29 is 21.6 Å². The third kappa shape index (κ3) is 4.78. The second-order valence-corrected chi connectivity index (χ2v) is 9.73. The maximum Gasteiger partial charge on any atom is 0.416 e. The summed E-state index contributed by atoms with van der Waals surface area (Å²) in [7, 11) is -3.80. The molecule has 0 fully saturated rings. The van der Waals surface area contributed by atoms with Crippen LogP contribution in [-0.4, -0.2) is 18.4 Å². The minimum absolute atomic E-state index is 0.123. The normalized spacial score (nSPS) is 12.0. The summed E-state index contributed by atoms with van der Waals surface area (Å²) in [5.74, 6) is 0. The van der Waals surface area contributed by atoms with Crippen LogP contribution in [0, 0.1) is 0 Å². The van der Waals surface area contributed by atoms with Crippen molar-refractivity contribution in [3.8, 4) is 22.3 Å². The van der Waals surface area contributed by atoms with Crippen molar-refractivity contribution >= 4 is 26.6 Å². The summed E-state index contributed by atoms with van der Waals surface area (Å²) >= 11 is 0. The molecule has 36 heavy (non-hydrogen) atoms. The molecule has 1 N–H and O–H groups in total. The van der Waals surface area contributed by atoms with Crippen molar-refractivity contribution in [2.24, 2.45) is 0 Å². The van der Waals surface area contributed by atoms with Crippen molar-refractivity contribution in [2.75, 3.05) is 4.72 Å². The summed E-state index contributed by atoms with van der Waals surface area (Å²) in [5, 5.41) is 0.657. The highest BCUT2D eigenvalue weighted by molar-refractivity contribution is 7.92. The lowest BCUT2D eigenvalue weighted by atomic mass is 9.97. The van der Waals surface area contributed by atoms with Gasteiger partial charge in [0.25, 0.3) is 10.0 Å². The highest BCUT2D eigenvalue weighted by Crippen LogP contribution is 2.35. The second kappa shape index (κ2) is 9.09. The largest absolute Gasteiger partial charge is 0.416 e. The molecular formula is C27H18F3N3O2S. The van der Waals surface area contributed by atoms with Crippen molar-refractivity contribution in [3.63, 3.8) is 0 Å². The third-order valence-electron chi connectivity index (χ3n) is 5.62. The van der Waals surface area contributed by atoms with Gasteiger partial charge in [0.05, 0.1) is 27.9 Å². The second-order valence-electron chi connectivity index (χ2n) is 8.05. The fourth-order valence-electron chi connectivity index (χ4n) is 3.91. The summed E-state index contributed by atoms with van der Waals surface area (Å²) < 4.78 is 67.8. The zero-order valence-corrected chi connectivity index (χ0v) is 19.4. The first-order valence-corrected chi connectivity index (χ1v) is 12.3. The van der Waals surface area contributed by atoms with Crippen LogP contribution < -0.4 is 4.72 Å². The number of pyridine rings is 2. The third-order valence-corrected chi connectivity index (χ3v) is 7.02. The minimum Gasteiger partial charge on any atom is -0.278 e. The number of hydrogen-bond acceptors (Lipinski definition) is 4. The number of nitrogens with one attached hydrogen (secondary N) is 1. The molecular weight excluding hydrogens is 487 g/mol. The minimum atomic E-state index is -4.46. The van der Waals surface area contributed by atoms with Crippen LogP contribution in [0.15, 0.2) is 108 Å². The molecule has 0 aliphatic heterocycles. The van der Waals surface area contributed by atoms with Gasteiger partial charge in [0.2, 0.25) is 0 Å². The summed E-state index contributed by atoms with van der Waals surface area (Å²) in [6, 6.07) is 21.8. The van der Waals surface area contributed by atoms with E-state index in [1.54, 1.807) is 60.9 Å². The monoisotopic (exact) mass is 505 g/mol. The predicted molar refractivity (Wildman–Crippen MR) is 133 cm³/mol. The Balaban J connectivity index is 1.54. The van der Waals surface area contributed by atoms with E-state index in [1.807, 2.05) is 6.07 Å². The number of fused-ring (bicyclic) bond motifs is 1. The fraction of sp³-hybridized carbons (Fsp3) is 0.0370. The Morgan fingerprint density at radius 3 is 2.33 bits per heavy atom. The zero-order chi connectivity index (χ0) is 25.3. The molecule has 0 saturated carbocycles. The molecule has 5 aromatic rings. The van der Waals surface area contributed by atoms with Gasteiger partial charge in [-0.15, -0.1) is 0 Å². The van der Waals surface area contributed by atoms with Crippen molar-refractivity contribution in [3.05, 3.63) is 109 Å². The number of nitrogens with zero attached hydrogens (tertiary/aromatic N) is 2. The fourth-order valence-corrected chi connectivity index (χ4v) is 4.96. The number of aromatic nitrogens is 2. The van der Waals surface area contributed by atoms with Crippen LogP contribution in [0.1, 0.15) is 5.56 Å². The molecule has 9 heteroatoms. The SMILES string of the molecule is O=S(=O)(Nc1cncc(-c2ccc3nccc(-c4cccc(C(F)(F)F)c4)c3c2)c1)c1ccccc1. The highest BCUT2D eigenvalue weighted by atomic mass is 32.2. The summed E-state index contributed by atoms with van der Waals surface area (Å²) in [6.07, 6.45) is 0.0871. The van der Waals surface area contributed by atoms with Gasteiger partial charge in [-0.2, -0.15) is 13.2 Å². The van der Waals surface area contributed by atoms with Crippen molar-refractivity contribution in [1.29, 1.82) is 0 Å². The van der Waals surface area contributed by atoms with Crippen LogP contribution in [0.5, 0.6) is 0 Å². The van der Waals surface area contributed by atoms with E-state index in [4.69, 9.17) is 0 Å². The van der Waals surface area contributed by atoms with Gasteiger partial charge in [-0.1, -0.05) is 36.4 Å². The molecule has 0 spiro atoms. The molecule has 0 radical (unpaired) electrons. The zero-order valence-electron chi connectivity index (χ0n) is 18.6. The number of alkyl halides is 3. The van der Waals surface area contributed by atoms with Crippen LogP contribution in [0.25, 0.3) is 33.2 Å². The molecule has 0 atom stereocenters. The number of anilines is 1. The number of hydrogen-bond donors (Lipinski definition) is 1. The van der Waals surface area contributed by atoms with Crippen LogP contribution in [-0.2, 0) is 16.2 Å². The quantitative estimate of drug-likeness (QED) is 0.286. The van der Waals surface area contributed by atoms with Gasteiger partial charge in [0.1, 0.15) is 0 Å². The van der Waals surface area contributed by atoms with E-state index in [9.17, 15) is 21.6 Å². The average Bonchev–Trinajstić information content (AvgIpc) is 2.88. The van der Waals surface area contributed by atoms with E-state index in [0.717, 1.165) is 12.1 Å². The topological polar surface area (TPSA) is 72.0 Å². The molecule has 0 aliphatic carbocycles. The number of rotatable bonds is 5. The lowest BCUT2D eigenvalue weighted by Gasteiger charge is -2.12. The van der Waals surface area contributed by atoms with E-state index >= 15 is 0 Å². The Labute approximate surface area is 205 Å². The first kappa shape index (κ1) is 23.5. The summed E-state index contributed by atoms with van der Waals surface area (Å²) in [5.41, 5.74) is 2.51. The van der Waals surface area contributed by atoms with E-state index in [2.05, 4.69) is 14.7 Å². The Morgan fingerprint density at radius 2 is 1.56 bits per heavy atom. The lowest BCUT2D eigenvalue weighted by Crippen LogP contribution is -2.12. The Hall–Kier alpha value is -4.24. The number of benzene rings is 3. The molecule has 0 saturated heterocycles. The van der Waals surface area contributed by atoms with Crippen molar-refractivity contribution in [1.82, 2.24) is 9.97 Å². The number of sulfonamides is 1. The van der Waals surface area contributed by atoms with Gasteiger partial charge < -0.3 is 0 Å².